The second kappa shape index (κ2) is 8.82. The number of amides is 1. The molecule has 0 aliphatic heterocycles. The minimum absolute atomic E-state index is 0.133. The zero-order chi connectivity index (χ0) is 18.2. The first-order valence-corrected chi connectivity index (χ1v) is 8.32. The summed E-state index contributed by atoms with van der Waals surface area (Å²) in [5.74, 6) is -0.366. The highest BCUT2D eigenvalue weighted by molar-refractivity contribution is 5.93. The Hall–Kier alpha value is -2.89. The van der Waals surface area contributed by atoms with Crippen LogP contribution in [0.3, 0.4) is 0 Å². The molecular formula is C19H24N4O2. The van der Waals surface area contributed by atoms with Gasteiger partial charge in [0, 0.05) is 37.7 Å². The highest BCUT2D eigenvalue weighted by Gasteiger charge is 2.15. The van der Waals surface area contributed by atoms with Gasteiger partial charge in [-0.3, -0.25) is 19.2 Å². The van der Waals surface area contributed by atoms with Crippen LogP contribution < -0.4 is 15.8 Å². The standard InChI is InChI=1S/C19H24N4O2/c1-4-6-10-21-19(25)17-14-23(16(5-2)12-18(17)24)22(3)13-15-9-7-8-11-20-15/h4,7-9,11-12,14H,1,5-6,10,13H2,2-3H3,(H,21,25). The molecule has 6 nitrogen and oxygen atoms in total. The SMILES string of the molecule is C=CCCNC(=O)c1cn(N(C)Cc2ccccn2)c(CC)cc1=O. The van der Waals surface area contributed by atoms with Crippen molar-refractivity contribution in [2.45, 2.75) is 26.3 Å². The van der Waals surface area contributed by atoms with Crippen LogP contribution in [-0.4, -0.2) is 29.2 Å². The van der Waals surface area contributed by atoms with Crippen molar-refractivity contribution in [2.24, 2.45) is 0 Å². The predicted molar refractivity (Wildman–Crippen MR) is 99.3 cm³/mol. The van der Waals surface area contributed by atoms with Crippen LogP contribution in [0.25, 0.3) is 0 Å². The molecule has 0 unspecified atom stereocenters. The van der Waals surface area contributed by atoms with Gasteiger partial charge in [0.1, 0.15) is 5.56 Å². The van der Waals surface area contributed by atoms with Gasteiger partial charge in [-0.2, -0.15) is 0 Å². The van der Waals surface area contributed by atoms with Crippen LogP contribution in [0.2, 0.25) is 0 Å². The lowest BCUT2D eigenvalue weighted by atomic mass is 10.2. The smallest absolute Gasteiger partial charge is 0.256 e. The Morgan fingerprint density at radius 1 is 1.44 bits per heavy atom. The molecule has 0 atom stereocenters. The van der Waals surface area contributed by atoms with Crippen LogP contribution in [-0.2, 0) is 13.0 Å². The first kappa shape index (κ1) is 18.4. The summed E-state index contributed by atoms with van der Waals surface area (Å²) in [4.78, 5) is 28.9. The topological polar surface area (TPSA) is 67.2 Å². The fourth-order valence-electron chi connectivity index (χ4n) is 2.50. The molecule has 2 rings (SSSR count). The number of nitrogens with one attached hydrogen (secondary N) is 1. The number of rotatable bonds is 8. The Kier molecular flexibility index (Phi) is 6.51. The van der Waals surface area contributed by atoms with E-state index in [2.05, 4.69) is 16.9 Å². The van der Waals surface area contributed by atoms with Crippen molar-refractivity contribution in [3.8, 4) is 0 Å². The van der Waals surface area contributed by atoms with Gasteiger partial charge >= 0.3 is 0 Å². The number of hydrogen-bond donors (Lipinski definition) is 1. The van der Waals surface area contributed by atoms with E-state index in [1.807, 2.05) is 41.9 Å². The molecule has 0 fully saturated rings. The monoisotopic (exact) mass is 340 g/mol. The van der Waals surface area contributed by atoms with E-state index in [0.717, 1.165) is 11.4 Å². The largest absolute Gasteiger partial charge is 0.352 e. The van der Waals surface area contributed by atoms with Crippen molar-refractivity contribution in [3.63, 3.8) is 0 Å². The van der Waals surface area contributed by atoms with Crippen LogP contribution in [0, 0.1) is 0 Å². The normalized spacial score (nSPS) is 10.3. The molecule has 6 heteroatoms. The van der Waals surface area contributed by atoms with Crippen LogP contribution in [0.15, 0.2) is 54.1 Å². The van der Waals surface area contributed by atoms with Gasteiger partial charge in [-0.1, -0.05) is 19.1 Å². The van der Waals surface area contributed by atoms with Gasteiger partial charge in [-0.15, -0.1) is 6.58 Å². The first-order chi connectivity index (χ1) is 12.1. The summed E-state index contributed by atoms with van der Waals surface area (Å²) >= 11 is 0. The van der Waals surface area contributed by atoms with E-state index >= 15 is 0 Å². The molecule has 25 heavy (non-hydrogen) atoms. The Morgan fingerprint density at radius 2 is 2.24 bits per heavy atom. The summed E-state index contributed by atoms with van der Waals surface area (Å²) in [6, 6.07) is 7.26. The highest BCUT2D eigenvalue weighted by atomic mass is 16.2. The number of nitrogens with zero attached hydrogens (tertiary/aromatic N) is 3. The average Bonchev–Trinajstić information content (AvgIpc) is 2.62. The van der Waals surface area contributed by atoms with Gasteiger partial charge in [0.2, 0.25) is 0 Å². The summed E-state index contributed by atoms with van der Waals surface area (Å²) in [7, 11) is 1.90. The zero-order valence-electron chi connectivity index (χ0n) is 14.7. The maximum absolute atomic E-state index is 12.3. The molecule has 0 saturated carbocycles. The number of carbonyl (C=O) groups is 1. The van der Waals surface area contributed by atoms with Crippen molar-refractivity contribution in [3.05, 3.63) is 76.5 Å². The Labute approximate surface area is 147 Å². The van der Waals surface area contributed by atoms with Crippen LogP contribution in [0.4, 0.5) is 0 Å². The third-order valence-corrected chi connectivity index (χ3v) is 3.83. The van der Waals surface area contributed by atoms with Crippen molar-refractivity contribution in [2.75, 3.05) is 18.6 Å². The lowest BCUT2D eigenvalue weighted by Gasteiger charge is -2.26. The molecule has 2 heterocycles. The summed E-state index contributed by atoms with van der Waals surface area (Å²) in [6.07, 6.45) is 6.41. The molecule has 0 radical (unpaired) electrons. The highest BCUT2D eigenvalue weighted by Crippen LogP contribution is 2.06. The minimum Gasteiger partial charge on any atom is -0.352 e. The lowest BCUT2D eigenvalue weighted by Crippen LogP contribution is -2.36. The molecule has 132 valence electrons. The number of aromatic nitrogens is 2. The third-order valence-electron chi connectivity index (χ3n) is 3.83. The van der Waals surface area contributed by atoms with Crippen molar-refractivity contribution in [1.29, 1.82) is 0 Å². The van der Waals surface area contributed by atoms with Gasteiger partial charge < -0.3 is 10.3 Å². The van der Waals surface area contributed by atoms with E-state index in [-0.39, 0.29) is 16.9 Å². The van der Waals surface area contributed by atoms with E-state index in [4.69, 9.17) is 0 Å². The Balaban J connectivity index is 2.29. The molecular weight excluding hydrogens is 316 g/mol. The summed E-state index contributed by atoms with van der Waals surface area (Å²) in [6.45, 7) is 6.62. The number of carbonyl (C=O) groups excluding carboxylic acids is 1. The molecule has 2 aromatic rings. The molecule has 2 aromatic heterocycles. The van der Waals surface area contributed by atoms with Gasteiger partial charge in [-0.05, 0) is 25.0 Å². The number of hydrogen-bond acceptors (Lipinski definition) is 4. The van der Waals surface area contributed by atoms with Crippen molar-refractivity contribution in [1.82, 2.24) is 15.0 Å². The van der Waals surface area contributed by atoms with Gasteiger partial charge in [0.25, 0.3) is 5.91 Å². The summed E-state index contributed by atoms with van der Waals surface area (Å²) < 4.78 is 1.85. The van der Waals surface area contributed by atoms with E-state index < -0.39 is 0 Å². The summed E-state index contributed by atoms with van der Waals surface area (Å²) in [5, 5.41) is 4.67. The molecule has 0 aromatic carbocycles. The second-order valence-corrected chi connectivity index (χ2v) is 5.71. The first-order valence-electron chi connectivity index (χ1n) is 8.32. The molecule has 0 bridgehead atoms. The maximum atomic E-state index is 12.3. The molecule has 0 spiro atoms. The predicted octanol–water partition coefficient (Wildman–Crippen LogP) is 1.88. The molecule has 1 N–H and O–H groups in total. The number of pyridine rings is 2. The molecule has 0 aliphatic carbocycles. The molecule has 0 saturated heterocycles. The van der Waals surface area contributed by atoms with E-state index in [1.165, 1.54) is 6.07 Å². The van der Waals surface area contributed by atoms with Crippen molar-refractivity contribution < 1.29 is 4.79 Å². The number of aryl methyl sites for hydroxylation is 1. The zero-order valence-corrected chi connectivity index (χ0v) is 14.7. The summed E-state index contributed by atoms with van der Waals surface area (Å²) in [5.41, 5.74) is 1.61. The van der Waals surface area contributed by atoms with Gasteiger partial charge in [-0.25, -0.2) is 0 Å². The minimum atomic E-state index is -0.366. The fourth-order valence-corrected chi connectivity index (χ4v) is 2.50. The Bertz CT molecular complexity index is 784. The van der Waals surface area contributed by atoms with Gasteiger partial charge in [0.05, 0.1) is 12.2 Å². The average molecular weight is 340 g/mol. The van der Waals surface area contributed by atoms with E-state index in [0.29, 0.717) is 25.9 Å². The molecule has 0 aliphatic rings. The molecule has 1 amide bonds. The fraction of sp³-hybridized carbons (Fsp3) is 0.316. The lowest BCUT2D eigenvalue weighted by molar-refractivity contribution is 0.0952. The van der Waals surface area contributed by atoms with Crippen LogP contribution in [0.1, 0.15) is 35.1 Å². The van der Waals surface area contributed by atoms with Gasteiger partial charge in [0.15, 0.2) is 5.43 Å². The van der Waals surface area contributed by atoms with E-state index in [9.17, 15) is 9.59 Å². The third kappa shape index (κ3) is 4.79. The second-order valence-electron chi connectivity index (χ2n) is 5.71. The van der Waals surface area contributed by atoms with E-state index in [1.54, 1.807) is 18.5 Å². The van der Waals surface area contributed by atoms with Crippen LogP contribution >= 0.6 is 0 Å². The maximum Gasteiger partial charge on any atom is 0.256 e. The quantitative estimate of drug-likeness (QED) is 0.588. The Morgan fingerprint density at radius 3 is 2.88 bits per heavy atom. The van der Waals surface area contributed by atoms with Crippen molar-refractivity contribution >= 4 is 5.91 Å². The van der Waals surface area contributed by atoms with Crippen LogP contribution in [0.5, 0.6) is 0 Å².